The van der Waals surface area contributed by atoms with E-state index < -0.39 is 0 Å². The monoisotopic (exact) mass is 412 g/mol. The lowest BCUT2D eigenvalue weighted by molar-refractivity contribution is 0.0946. The van der Waals surface area contributed by atoms with Crippen molar-refractivity contribution in [2.24, 2.45) is 0 Å². The highest BCUT2D eigenvalue weighted by atomic mass is 35.5. The van der Waals surface area contributed by atoms with Gasteiger partial charge in [0.2, 0.25) is 0 Å². The average molecular weight is 413 g/mol. The van der Waals surface area contributed by atoms with Crippen molar-refractivity contribution in [2.45, 2.75) is 6.54 Å². The van der Waals surface area contributed by atoms with E-state index in [9.17, 15) is 4.79 Å². The van der Waals surface area contributed by atoms with E-state index in [0.29, 0.717) is 23.0 Å². The summed E-state index contributed by atoms with van der Waals surface area (Å²) in [6.45, 7) is 0.377. The Bertz CT molecular complexity index is 1380. The van der Waals surface area contributed by atoms with Crippen molar-refractivity contribution in [3.63, 3.8) is 0 Å². The van der Waals surface area contributed by atoms with E-state index >= 15 is 0 Å². The molecule has 0 aliphatic rings. The van der Waals surface area contributed by atoms with Crippen LogP contribution in [0.25, 0.3) is 33.1 Å². The molecule has 5 nitrogen and oxygen atoms in total. The van der Waals surface area contributed by atoms with Crippen LogP contribution in [-0.2, 0) is 6.54 Å². The van der Waals surface area contributed by atoms with E-state index in [1.807, 2.05) is 66.7 Å². The smallest absolute Gasteiger partial charge is 0.270 e. The second-order valence-electron chi connectivity index (χ2n) is 6.97. The number of amides is 1. The van der Waals surface area contributed by atoms with Crippen LogP contribution in [0.1, 0.15) is 16.1 Å². The Hall–Kier alpha value is -3.70. The van der Waals surface area contributed by atoms with Gasteiger partial charge in [-0.05, 0) is 29.8 Å². The summed E-state index contributed by atoms with van der Waals surface area (Å²) in [6, 6.07) is 21.1. The number of hydrogen-bond donors (Lipinski definition) is 2. The summed E-state index contributed by atoms with van der Waals surface area (Å²) < 4.78 is 0. The first kappa shape index (κ1) is 18.3. The number of aromatic amines is 1. The summed E-state index contributed by atoms with van der Waals surface area (Å²) in [5.74, 6) is -0.251. The number of hydrogen-bond acceptors (Lipinski definition) is 3. The Morgan fingerprint density at radius 2 is 1.83 bits per heavy atom. The van der Waals surface area contributed by atoms with E-state index in [1.165, 1.54) is 0 Å². The van der Waals surface area contributed by atoms with E-state index in [2.05, 4.69) is 15.3 Å². The van der Waals surface area contributed by atoms with Crippen LogP contribution in [0.5, 0.6) is 0 Å². The Kier molecular flexibility index (Phi) is 4.65. The topological polar surface area (TPSA) is 70.7 Å². The van der Waals surface area contributed by atoms with Gasteiger partial charge >= 0.3 is 0 Å². The predicted molar refractivity (Wildman–Crippen MR) is 119 cm³/mol. The van der Waals surface area contributed by atoms with Crippen molar-refractivity contribution in [1.82, 2.24) is 20.3 Å². The Balaban J connectivity index is 1.64. The average Bonchev–Trinajstić information content (AvgIpc) is 3.17. The molecule has 0 unspecified atom stereocenters. The SMILES string of the molecule is O=C(NCc1cccnc1)c1cc2c([nH]c3ccccc32)c(-c2ccccc2Cl)n1. The molecule has 0 saturated carbocycles. The number of carbonyl (C=O) groups excluding carboxylic acids is 1. The lowest BCUT2D eigenvalue weighted by Crippen LogP contribution is -2.24. The minimum absolute atomic E-state index is 0.251. The number of aromatic nitrogens is 3. The number of nitrogens with one attached hydrogen (secondary N) is 2. The van der Waals surface area contributed by atoms with Crippen molar-refractivity contribution in [1.29, 1.82) is 0 Å². The minimum atomic E-state index is -0.251. The summed E-state index contributed by atoms with van der Waals surface area (Å²) in [6.07, 6.45) is 3.43. The van der Waals surface area contributed by atoms with Gasteiger partial charge in [0.15, 0.2) is 0 Å². The number of nitrogens with zero attached hydrogens (tertiary/aromatic N) is 2. The molecule has 3 aromatic heterocycles. The molecule has 3 heterocycles. The molecule has 5 aromatic rings. The summed E-state index contributed by atoms with van der Waals surface area (Å²) >= 11 is 6.47. The van der Waals surface area contributed by atoms with E-state index in [1.54, 1.807) is 12.4 Å². The Morgan fingerprint density at radius 1 is 1.00 bits per heavy atom. The zero-order chi connectivity index (χ0) is 20.5. The fourth-order valence-corrected chi connectivity index (χ4v) is 3.81. The fourth-order valence-electron chi connectivity index (χ4n) is 3.59. The maximum atomic E-state index is 13.0. The number of fused-ring (bicyclic) bond motifs is 3. The van der Waals surface area contributed by atoms with Gasteiger partial charge < -0.3 is 10.3 Å². The predicted octanol–water partition coefficient (Wildman–Crippen LogP) is 5.36. The first-order valence-corrected chi connectivity index (χ1v) is 9.92. The molecule has 30 heavy (non-hydrogen) atoms. The van der Waals surface area contributed by atoms with Gasteiger partial charge in [0, 0.05) is 40.8 Å². The van der Waals surface area contributed by atoms with Crippen molar-refractivity contribution < 1.29 is 4.79 Å². The second-order valence-corrected chi connectivity index (χ2v) is 7.38. The van der Waals surface area contributed by atoms with E-state index in [-0.39, 0.29) is 5.91 Å². The standard InChI is InChI=1S/C24H17ClN4O/c25-19-9-3-1-8-17(19)22-23-18(16-7-2-4-10-20(16)28-23)12-21(29-22)24(30)27-14-15-6-5-11-26-13-15/h1-13,28H,14H2,(H,27,30). The zero-order valence-electron chi connectivity index (χ0n) is 15.9. The van der Waals surface area contributed by atoms with Crippen LogP contribution in [0.15, 0.2) is 79.1 Å². The van der Waals surface area contributed by atoms with Crippen LogP contribution < -0.4 is 5.32 Å². The largest absolute Gasteiger partial charge is 0.353 e. The van der Waals surface area contributed by atoms with Gasteiger partial charge in [-0.2, -0.15) is 0 Å². The van der Waals surface area contributed by atoms with E-state index in [0.717, 1.165) is 32.9 Å². The van der Waals surface area contributed by atoms with Crippen LogP contribution in [-0.4, -0.2) is 20.9 Å². The summed E-state index contributed by atoms with van der Waals surface area (Å²) in [5.41, 5.74) is 4.53. The summed E-state index contributed by atoms with van der Waals surface area (Å²) in [7, 11) is 0. The van der Waals surface area contributed by atoms with Gasteiger partial charge in [-0.25, -0.2) is 4.98 Å². The third kappa shape index (κ3) is 3.29. The van der Waals surface area contributed by atoms with Crippen molar-refractivity contribution in [2.75, 3.05) is 0 Å². The molecule has 0 aliphatic carbocycles. The lowest BCUT2D eigenvalue weighted by Gasteiger charge is -2.09. The minimum Gasteiger partial charge on any atom is -0.353 e. The van der Waals surface area contributed by atoms with Gasteiger partial charge in [0.25, 0.3) is 5.91 Å². The first-order chi connectivity index (χ1) is 14.7. The highest BCUT2D eigenvalue weighted by Gasteiger charge is 2.18. The number of benzene rings is 2. The first-order valence-electron chi connectivity index (χ1n) is 9.54. The van der Waals surface area contributed by atoms with Crippen LogP contribution in [0.3, 0.4) is 0 Å². The van der Waals surface area contributed by atoms with Crippen LogP contribution in [0.2, 0.25) is 5.02 Å². The number of rotatable bonds is 4. The maximum absolute atomic E-state index is 13.0. The number of halogens is 1. The van der Waals surface area contributed by atoms with Gasteiger partial charge in [0.1, 0.15) is 5.69 Å². The highest BCUT2D eigenvalue weighted by molar-refractivity contribution is 6.33. The van der Waals surface area contributed by atoms with Crippen molar-refractivity contribution in [3.8, 4) is 11.3 Å². The number of para-hydroxylation sites is 1. The lowest BCUT2D eigenvalue weighted by atomic mass is 10.1. The quantitative estimate of drug-likeness (QED) is 0.417. The molecule has 0 saturated heterocycles. The molecular weight excluding hydrogens is 396 g/mol. The molecular formula is C24H17ClN4O. The molecule has 6 heteroatoms. The van der Waals surface area contributed by atoms with Crippen LogP contribution >= 0.6 is 11.6 Å². The molecule has 0 fully saturated rings. The summed E-state index contributed by atoms with van der Waals surface area (Å²) in [5, 5.41) is 5.47. The fraction of sp³-hybridized carbons (Fsp3) is 0.0417. The zero-order valence-corrected chi connectivity index (χ0v) is 16.6. The van der Waals surface area contributed by atoms with Gasteiger partial charge in [-0.3, -0.25) is 9.78 Å². The number of carbonyl (C=O) groups is 1. The summed E-state index contributed by atoms with van der Waals surface area (Å²) in [4.78, 5) is 25.2. The Labute approximate surface area is 177 Å². The molecule has 0 atom stereocenters. The molecule has 5 rings (SSSR count). The molecule has 1 amide bonds. The van der Waals surface area contributed by atoms with Crippen molar-refractivity contribution in [3.05, 3.63) is 95.4 Å². The van der Waals surface area contributed by atoms with Crippen molar-refractivity contribution >= 4 is 39.3 Å². The normalized spacial score (nSPS) is 11.1. The molecule has 0 radical (unpaired) electrons. The molecule has 2 aromatic carbocycles. The molecule has 0 bridgehead atoms. The molecule has 0 spiro atoms. The maximum Gasteiger partial charge on any atom is 0.270 e. The number of pyridine rings is 2. The van der Waals surface area contributed by atoms with Gasteiger partial charge in [-0.15, -0.1) is 0 Å². The molecule has 0 aliphatic heterocycles. The number of H-pyrrole nitrogens is 1. The molecule has 2 N–H and O–H groups in total. The van der Waals surface area contributed by atoms with Gasteiger partial charge in [0.05, 0.1) is 16.2 Å². The second kappa shape index (κ2) is 7.61. The third-order valence-corrected chi connectivity index (χ3v) is 5.36. The van der Waals surface area contributed by atoms with Gasteiger partial charge in [-0.1, -0.05) is 54.1 Å². The van der Waals surface area contributed by atoms with Crippen LogP contribution in [0.4, 0.5) is 0 Å². The molecule has 146 valence electrons. The van der Waals surface area contributed by atoms with Crippen LogP contribution in [0, 0.1) is 0 Å². The highest BCUT2D eigenvalue weighted by Crippen LogP contribution is 2.35. The third-order valence-electron chi connectivity index (χ3n) is 5.03. The Morgan fingerprint density at radius 3 is 2.67 bits per heavy atom. The van der Waals surface area contributed by atoms with E-state index in [4.69, 9.17) is 16.6 Å².